The molecular weight excluding hydrogens is 517 g/mol. The van der Waals surface area contributed by atoms with Crippen molar-refractivity contribution in [3.63, 3.8) is 0 Å². The fourth-order valence-electron chi connectivity index (χ4n) is 4.05. The second kappa shape index (κ2) is 10.2. The number of rotatable bonds is 7. The minimum Gasteiger partial charge on any atom is -0.507 e. The molecule has 1 aromatic heterocycles. The van der Waals surface area contributed by atoms with Crippen molar-refractivity contribution in [3.05, 3.63) is 86.3 Å². The first-order valence-corrected chi connectivity index (χ1v) is 11.6. The molecular formula is C25H20Cl3NO6. The van der Waals surface area contributed by atoms with Gasteiger partial charge in [0.05, 0.1) is 36.6 Å². The second-order valence-electron chi connectivity index (χ2n) is 7.67. The van der Waals surface area contributed by atoms with E-state index < -0.39 is 23.5 Å². The highest BCUT2D eigenvalue weighted by Gasteiger charge is 2.47. The van der Waals surface area contributed by atoms with Gasteiger partial charge in [-0.2, -0.15) is 0 Å². The van der Waals surface area contributed by atoms with Crippen LogP contribution >= 0.6 is 34.8 Å². The van der Waals surface area contributed by atoms with E-state index in [0.717, 1.165) is 5.56 Å². The zero-order chi connectivity index (χ0) is 25.3. The lowest BCUT2D eigenvalue weighted by atomic mass is 9.98. The van der Waals surface area contributed by atoms with Gasteiger partial charge in [-0.05, 0) is 42.3 Å². The van der Waals surface area contributed by atoms with Crippen molar-refractivity contribution in [3.8, 4) is 11.5 Å². The molecule has 1 N–H and O–H groups in total. The number of hydrogen-bond donors (Lipinski definition) is 1. The van der Waals surface area contributed by atoms with Crippen molar-refractivity contribution >= 4 is 52.3 Å². The summed E-state index contributed by atoms with van der Waals surface area (Å²) in [5.74, 6) is -1.64. The van der Waals surface area contributed by atoms with E-state index in [1.807, 2.05) is 12.1 Å². The molecule has 1 atom stereocenters. The molecule has 3 aromatic rings. The maximum Gasteiger partial charge on any atom is 0.295 e. The molecule has 1 fully saturated rings. The second-order valence-corrected chi connectivity index (χ2v) is 8.89. The summed E-state index contributed by atoms with van der Waals surface area (Å²) in [4.78, 5) is 27.6. The first kappa shape index (κ1) is 25.0. The van der Waals surface area contributed by atoms with Gasteiger partial charge in [0.15, 0.2) is 11.5 Å². The number of aliphatic hydroxyl groups is 1. The quantitative estimate of drug-likeness (QED) is 0.229. The molecule has 35 heavy (non-hydrogen) atoms. The Kier molecular flexibility index (Phi) is 7.31. The topological polar surface area (TPSA) is 89.2 Å². The Balaban J connectivity index is 1.82. The highest BCUT2D eigenvalue weighted by Crippen LogP contribution is 2.47. The van der Waals surface area contributed by atoms with Gasteiger partial charge >= 0.3 is 0 Å². The Labute approximate surface area is 216 Å². The smallest absolute Gasteiger partial charge is 0.295 e. The van der Waals surface area contributed by atoms with Crippen LogP contribution in [0.15, 0.2) is 58.7 Å². The molecule has 1 saturated heterocycles. The number of furan rings is 1. The number of carbonyl (C=O) groups is 2. The van der Waals surface area contributed by atoms with Crippen molar-refractivity contribution in [2.24, 2.45) is 0 Å². The SMILES string of the molecule is COc1c(Cl)cc(/C(O)=C2/C(=O)C(=O)N(CCc3ccc(Cl)cc3)C2c2ccco2)c(OC)c1Cl. The Morgan fingerprint density at radius 3 is 2.34 bits per heavy atom. The minimum absolute atomic E-state index is 0.00978. The molecule has 1 unspecified atom stereocenters. The summed E-state index contributed by atoms with van der Waals surface area (Å²) in [5, 5.41) is 12.0. The highest BCUT2D eigenvalue weighted by molar-refractivity contribution is 6.47. The van der Waals surface area contributed by atoms with Crippen LogP contribution < -0.4 is 9.47 Å². The molecule has 0 radical (unpaired) electrons. The van der Waals surface area contributed by atoms with E-state index in [-0.39, 0.29) is 39.2 Å². The van der Waals surface area contributed by atoms with Crippen LogP contribution in [0.25, 0.3) is 5.76 Å². The van der Waals surface area contributed by atoms with Crippen LogP contribution in [0.4, 0.5) is 0 Å². The number of aliphatic hydroxyl groups excluding tert-OH is 1. The largest absolute Gasteiger partial charge is 0.507 e. The van der Waals surface area contributed by atoms with Gasteiger partial charge in [0, 0.05) is 11.6 Å². The Bertz CT molecular complexity index is 1300. The average Bonchev–Trinajstić information content (AvgIpc) is 3.45. The number of carbonyl (C=O) groups excluding carboxylic acids is 2. The fourth-order valence-corrected chi connectivity index (χ4v) is 4.86. The average molecular weight is 537 g/mol. The summed E-state index contributed by atoms with van der Waals surface area (Å²) in [6.07, 6.45) is 1.88. The fraction of sp³-hybridized carbons (Fsp3) is 0.200. The molecule has 0 spiro atoms. The predicted octanol–water partition coefficient (Wildman–Crippen LogP) is 5.92. The molecule has 182 valence electrons. The number of halogens is 3. The third-order valence-corrected chi connectivity index (χ3v) is 6.58. The zero-order valence-corrected chi connectivity index (χ0v) is 20.9. The molecule has 2 aromatic carbocycles. The first-order chi connectivity index (χ1) is 16.8. The maximum absolute atomic E-state index is 13.2. The van der Waals surface area contributed by atoms with Gasteiger partial charge in [-0.15, -0.1) is 0 Å². The molecule has 7 nitrogen and oxygen atoms in total. The number of ketones is 1. The van der Waals surface area contributed by atoms with Gasteiger partial charge in [-0.25, -0.2) is 0 Å². The zero-order valence-electron chi connectivity index (χ0n) is 18.7. The van der Waals surface area contributed by atoms with Crippen molar-refractivity contribution in [1.82, 2.24) is 4.90 Å². The summed E-state index contributed by atoms with van der Waals surface area (Å²) < 4.78 is 16.1. The van der Waals surface area contributed by atoms with E-state index in [4.69, 9.17) is 48.7 Å². The number of ether oxygens (including phenoxy) is 2. The van der Waals surface area contributed by atoms with Crippen LogP contribution in [0.2, 0.25) is 15.1 Å². The maximum atomic E-state index is 13.2. The molecule has 1 aliphatic heterocycles. The van der Waals surface area contributed by atoms with Crippen molar-refractivity contribution < 1.29 is 28.6 Å². The molecule has 0 aliphatic carbocycles. The van der Waals surface area contributed by atoms with Crippen molar-refractivity contribution in [2.45, 2.75) is 12.5 Å². The summed E-state index contributed by atoms with van der Waals surface area (Å²) in [5.41, 5.74) is 0.789. The molecule has 0 bridgehead atoms. The molecule has 1 amide bonds. The van der Waals surface area contributed by atoms with Crippen molar-refractivity contribution in [2.75, 3.05) is 20.8 Å². The van der Waals surface area contributed by atoms with Gasteiger partial charge in [-0.3, -0.25) is 9.59 Å². The minimum atomic E-state index is -0.971. The monoisotopic (exact) mass is 535 g/mol. The molecule has 2 heterocycles. The summed E-state index contributed by atoms with van der Waals surface area (Å²) in [6.45, 7) is 0.190. The number of benzene rings is 2. The van der Waals surface area contributed by atoms with E-state index in [0.29, 0.717) is 17.2 Å². The molecule has 1 aliphatic rings. The lowest BCUT2D eigenvalue weighted by molar-refractivity contribution is -0.140. The van der Waals surface area contributed by atoms with Gasteiger partial charge in [-0.1, -0.05) is 46.9 Å². The summed E-state index contributed by atoms with van der Waals surface area (Å²) in [7, 11) is 2.73. The van der Waals surface area contributed by atoms with Crippen LogP contribution in [-0.4, -0.2) is 42.5 Å². The summed E-state index contributed by atoms with van der Waals surface area (Å²) >= 11 is 18.6. The van der Waals surface area contributed by atoms with E-state index in [9.17, 15) is 14.7 Å². The van der Waals surface area contributed by atoms with E-state index in [2.05, 4.69) is 0 Å². The number of likely N-dealkylation sites (tertiary alicyclic amines) is 1. The number of Topliss-reactive ketones (excluding diaryl/α,β-unsaturated/α-hetero) is 1. The van der Waals surface area contributed by atoms with Gasteiger partial charge in [0.25, 0.3) is 11.7 Å². The highest BCUT2D eigenvalue weighted by atomic mass is 35.5. The molecule has 10 heteroatoms. The van der Waals surface area contributed by atoms with Crippen LogP contribution in [0.5, 0.6) is 11.5 Å². The van der Waals surface area contributed by atoms with Crippen LogP contribution in [0.3, 0.4) is 0 Å². The Hall–Kier alpha value is -3.13. The Morgan fingerprint density at radius 2 is 1.74 bits per heavy atom. The third kappa shape index (κ3) is 4.59. The van der Waals surface area contributed by atoms with E-state index in [1.165, 1.54) is 31.4 Å². The number of amides is 1. The van der Waals surface area contributed by atoms with Gasteiger partial charge < -0.3 is 23.9 Å². The number of hydrogen-bond acceptors (Lipinski definition) is 6. The van der Waals surface area contributed by atoms with Crippen LogP contribution in [0, 0.1) is 0 Å². The van der Waals surface area contributed by atoms with E-state index >= 15 is 0 Å². The van der Waals surface area contributed by atoms with Crippen LogP contribution in [-0.2, 0) is 16.0 Å². The number of nitrogens with zero attached hydrogens (tertiary/aromatic N) is 1. The molecule has 4 rings (SSSR count). The standard InChI is InChI=1S/C25H20Cl3NO6/c1-33-23-15(12-16(27)24(34-2)19(23)28)21(30)18-20(17-4-3-11-35-17)29(25(32)22(18)31)10-9-13-5-7-14(26)8-6-13/h3-8,11-12,20,30H,9-10H2,1-2H3/b21-18-. The predicted molar refractivity (Wildman–Crippen MR) is 132 cm³/mol. The first-order valence-electron chi connectivity index (χ1n) is 10.4. The summed E-state index contributed by atoms with van der Waals surface area (Å²) in [6, 6.07) is 10.8. The van der Waals surface area contributed by atoms with Crippen LogP contribution in [0.1, 0.15) is 22.9 Å². The number of methoxy groups -OCH3 is 2. The third-order valence-electron chi connectivity index (χ3n) is 5.70. The van der Waals surface area contributed by atoms with E-state index in [1.54, 1.807) is 24.3 Å². The van der Waals surface area contributed by atoms with Gasteiger partial charge in [0.1, 0.15) is 22.6 Å². The normalized spacial score (nSPS) is 17.2. The van der Waals surface area contributed by atoms with Crippen molar-refractivity contribution in [1.29, 1.82) is 0 Å². The van der Waals surface area contributed by atoms with Gasteiger partial charge in [0.2, 0.25) is 0 Å². The lowest BCUT2D eigenvalue weighted by Gasteiger charge is -2.23. The lowest BCUT2D eigenvalue weighted by Crippen LogP contribution is -2.31. The Morgan fingerprint density at radius 1 is 1.06 bits per heavy atom. The molecule has 0 saturated carbocycles.